The van der Waals surface area contributed by atoms with Crippen molar-refractivity contribution in [2.24, 2.45) is 0 Å². The van der Waals surface area contributed by atoms with Gasteiger partial charge in [-0.15, -0.1) is 0 Å². The van der Waals surface area contributed by atoms with E-state index in [9.17, 15) is 17.6 Å². The highest BCUT2D eigenvalue weighted by atomic mass is 35.5. The Balaban J connectivity index is 2.11. The minimum absolute atomic E-state index is 0.0157. The zero-order valence-electron chi connectivity index (χ0n) is 13.6. The first-order chi connectivity index (χ1) is 11.8. The normalized spacial score (nSPS) is 11.2. The number of anilines is 1. The Hall–Kier alpha value is -2.12. The molecule has 8 heteroatoms. The van der Waals surface area contributed by atoms with E-state index in [4.69, 9.17) is 11.6 Å². The maximum Gasteiger partial charge on any atom is 0.261 e. The topological polar surface area (TPSA) is 75.3 Å². The lowest BCUT2D eigenvalue weighted by atomic mass is 10.2. The van der Waals surface area contributed by atoms with Gasteiger partial charge in [-0.25, -0.2) is 12.8 Å². The number of hydrogen-bond acceptors (Lipinski definition) is 3. The van der Waals surface area contributed by atoms with Crippen molar-refractivity contribution < 1.29 is 17.6 Å². The van der Waals surface area contributed by atoms with Gasteiger partial charge in [0.1, 0.15) is 5.82 Å². The number of rotatable bonds is 7. The number of sulfonamides is 1. The SMILES string of the molecule is CCCCNC(=O)c1ccc(S(=O)(=O)Nc2ccc(F)c(Cl)c2)cc1. The minimum Gasteiger partial charge on any atom is -0.352 e. The van der Waals surface area contributed by atoms with Crippen molar-refractivity contribution in [1.29, 1.82) is 0 Å². The number of hydrogen-bond donors (Lipinski definition) is 2. The second-order valence-corrected chi connectivity index (χ2v) is 7.46. The average Bonchev–Trinajstić information content (AvgIpc) is 2.58. The number of benzene rings is 2. The van der Waals surface area contributed by atoms with Crippen LogP contribution in [0.3, 0.4) is 0 Å². The van der Waals surface area contributed by atoms with E-state index in [1.165, 1.54) is 36.4 Å². The molecular weight excluding hydrogens is 367 g/mol. The summed E-state index contributed by atoms with van der Waals surface area (Å²) in [5, 5.41) is 2.57. The number of carbonyl (C=O) groups is 1. The number of carbonyl (C=O) groups excluding carboxylic acids is 1. The summed E-state index contributed by atoms with van der Waals surface area (Å²) in [5.41, 5.74) is 0.521. The van der Waals surface area contributed by atoms with Gasteiger partial charge < -0.3 is 5.32 Å². The van der Waals surface area contributed by atoms with Gasteiger partial charge in [0.25, 0.3) is 15.9 Å². The molecule has 2 aromatic rings. The first-order valence-electron chi connectivity index (χ1n) is 7.69. The molecule has 0 bridgehead atoms. The maximum atomic E-state index is 13.1. The van der Waals surface area contributed by atoms with Crippen LogP contribution in [0.1, 0.15) is 30.1 Å². The van der Waals surface area contributed by atoms with Crippen LogP contribution in [0.4, 0.5) is 10.1 Å². The van der Waals surface area contributed by atoms with Gasteiger partial charge in [0.05, 0.1) is 15.6 Å². The standard InChI is InChI=1S/C17H18ClFN2O3S/c1-2-3-10-20-17(22)12-4-7-14(8-5-12)25(23,24)21-13-6-9-16(19)15(18)11-13/h4-9,11,21H,2-3,10H2,1H3,(H,20,22). The fourth-order valence-electron chi connectivity index (χ4n) is 2.04. The number of halogens is 2. The molecule has 25 heavy (non-hydrogen) atoms. The summed E-state index contributed by atoms with van der Waals surface area (Å²) < 4.78 is 40.1. The summed E-state index contributed by atoms with van der Waals surface area (Å²) in [6.07, 6.45) is 1.85. The molecule has 0 unspecified atom stereocenters. The van der Waals surface area contributed by atoms with Crippen LogP contribution in [0.25, 0.3) is 0 Å². The molecule has 0 heterocycles. The molecule has 0 atom stereocenters. The molecule has 0 aliphatic carbocycles. The first-order valence-corrected chi connectivity index (χ1v) is 9.55. The van der Waals surface area contributed by atoms with E-state index in [1.54, 1.807) is 0 Å². The summed E-state index contributed by atoms with van der Waals surface area (Å²) in [5.74, 6) is -0.890. The molecule has 5 nitrogen and oxygen atoms in total. The molecule has 2 rings (SSSR count). The number of amides is 1. The monoisotopic (exact) mass is 384 g/mol. The zero-order chi connectivity index (χ0) is 18.4. The van der Waals surface area contributed by atoms with Crippen molar-refractivity contribution in [2.45, 2.75) is 24.7 Å². The fraction of sp³-hybridized carbons (Fsp3) is 0.235. The highest BCUT2D eigenvalue weighted by Gasteiger charge is 2.16. The second-order valence-electron chi connectivity index (χ2n) is 5.37. The molecule has 0 aliphatic heterocycles. The third-order valence-corrected chi connectivity index (χ3v) is 5.10. The summed E-state index contributed by atoms with van der Waals surface area (Å²) in [6, 6.07) is 9.08. The predicted octanol–water partition coefficient (Wildman–Crippen LogP) is 3.81. The van der Waals surface area contributed by atoms with Gasteiger partial charge in [-0.3, -0.25) is 9.52 Å². The lowest BCUT2D eigenvalue weighted by Gasteiger charge is -2.09. The molecule has 1 amide bonds. The van der Waals surface area contributed by atoms with Crippen LogP contribution < -0.4 is 10.0 Å². The molecular formula is C17H18ClFN2O3S. The third-order valence-electron chi connectivity index (χ3n) is 3.41. The van der Waals surface area contributed by atoms with Crippen molar-refractivity contribution in [1.82, 2.24) is 5.32 Å². The lowest BCUT2D eigenvalue weighted by Crippen LogP contribution is -2.24. The second kappa shape index (κ2) is 8.31. The Morgan fingerprint density at radius 3 is 2.44 bits per heavy atom. The van der Waals surface area contributed by atoms with E-state index in [2.05, 4.69) is 10.0 Å². The van der Waals surface area contributed by atoms with Gasteiger partial charge in [0.2, 0.25) is 0 Å². The smallest absolute Gasteiger partial charge is 0.261 e. The molecule has 0 aromatic heterocycles. The summed E-state index contributed by atoms with van der Waals surface area (Å²) >= 11 is 5.64. The largest absolute Gasteiger partial charge is 0.352 e. The summed E-state index contributed by atoms with van der Waals surface area (Å²) in [7, 11) is -3.87. The fourth-order valence-corrected chi connectivity index (χ4v) is 3.27. The Morgan fingerprint density at radius 1 is 1.16 bits per heavy atom. The van der Waals surface area contributed by atoms with E-state index in [-0.39, 0.29) is 21.5 Å². The quantitative estimate of drug-likeness (QED) is 0.713. The van der Waals surface area contributed by atoms with Crippen LogP contribution in [0.2, 0.25) is 5.02 Å². The van der Waals surface area contributed by atoms with Gasteiger partial charge in [0, 0.05) is 12.1 Å². The van der Waals surface area contributed by atoms with E-state index in [0.29, 0.717) is 12.1 Å². The average molecular weight is 385 g/mol. The summed E-state index contributed by atoms with van der Waals surface area (Å²) in [6.45, 7) is 2.59. The van der Waals surface area contributed by atoms with Crippen LogP contribution in [-0.4, -0.2) is 20.9 Å². The Kier molecular flexibility index (Phi) is 6.39. The number of nitrogens with one attached hydrogen (secondary N) is 2. The predicted molar refractivity (Wildman–Crippen MR) is 95.9 cm³/mol. The maximum absolute atomic E-state index is 13.1. The molecule has 0 spiro atoms. The van der Waals surface area contributed by atoms with Crippen LogP contribution in [-0.2, 0) is 10.0 Å². The van der Waals surface area contributed by atoms with E-state index in [1.807, 2.05) is 6.92 Å². The molecule has 0 radical (unpaired) electrons. The van der Waals surface area contributed by atoms with Gasteiger partial charge in [0.15, 0.2) is 0 Å². The van der Waals surface area contributed by atoms with Crippen molar-refractivity contribution >= 4 is 33.2 Å². The van der Waals surface area contributed by atoms with Gasteiger partial charge >= 0.3 is 0 Å². The Bertz CT molecular complexity index is 855. The van der Waals surface area contributed by atoms with Gasteiger partial charge in [-0.1, -0.05) is 24.9 Å². The Morgan fingerprint density at radius 2 is 1.84 bits per heavy atom. The van der Waals surface area contributed by atoms with E-state index in [0.717, 1.165) is 18.9 Å². The van der Waals surface area contributed by atoms with Gasteiger partial charge in [-0.05, 0) is 48.9 Å². The molecule has 134 valence electrons. The van der Waals surface area contributed by atoms with Crippen molar-refractivity contribution in [2.75, 3.05) is 11.3 Å². The van der Waals surface area contributed by atoms with Crippen molar-refractivity contribution in [3.8, 4) is 0 Å². The van der Waals surface area contributed by atoms with E-state index < -0.39 is 15.8 Å². The van der Waals surface area contributed by atoms with Crippen molar-refractivity contribution in [3.05, 3.63) is 58.9 Å². The third kappa shape index (κ3) is 5.17. The molecule has 2 aromatic carbocycles. The van der Waals surface area contributed by atoms with Crippen LogP contribution in [0.5, 0.6) is 0 Å². The van der Waals surface area contributed by atoms with Gasteiger partial charge in [-0.2, -0.15) is 0 Å². The van der Waals surface area contributed by atoms with Crippen LogP contribution >= 0.6 is 11.6 Å². The zero-order valence-corrected chi connectivity index (χ0v) is 15.1. The highest BCUT2D eigenvalue weighted by molar-refractivity contribution is 7.92. The lowest BCUT2D eigenvalue weighted by molar-refractivity contribution is 0.0953. The molecule has 2 N–H and O–H groups in total. The summed E-state index contributed by atoms with van der Waals surface area (Å²) in [4.78, 5) is 11.9. The minimum atomic E-state index is -3.87. The molecule has 0 saturated heterocycles. The van der Waals surface area contributed by atoms with Crippen molar-refractivity contribution in [3.63, 3.8) is 0 Å². The number of unbranched alkanes of at least 4 members (excludes halogenated alkanes) is 1. The highest BCUT2D eigenvalue weighted by Crippen LogP contribution is 2.22. The van der Waals surface area contributed by atoms with Crippen LogP contribution in [0, 0.1) is 5.82 Å². The Labute approximate surface area is 151 Å². The molecule has 0 fully saturated rings. The molecule has 0 aliphatic rings. The van der Waals surface area contributed by atoms with E-state index >= 15 is 0 Å². The molecule has 0 saturated carbocycles. The first kappa shape index (κ1) is 19.2. The van der Waals surface area contributed by atoms with Crippen LogP contribution in [0.15, 0.2) is 47.4 Å².